The summed E-state index contributed by atoms with van der Waals surface area (Å²) in [6.45, 7) is 5.58. The lowest BCUT2D eigenvalue weighted by Crippen LogP contribution is -2.52. The predicted octanol–water partition coefficient (Wildman–Crippen LogP) is 5.67. The van der Waals surface area contributed by atoms with E-state index >= 15 is 0 Å². The van der Waals surface area contributed by atoms with E-state index in [-0.39, 0.29) is 0 Å². The number of hydrogen-bond acceptors (Lipinski definition) is 4. The van der Waals surface area contributed by atoms with Crippen molar-refractivity contribution in [3.8, 4) is 22.5 Å². The highest BCUT2D eigenvalue weighted by Crippen LogP contribution is 2.42. The van der Waals surface area contributed by atoms with Crippen LogP contribution in [0.25, 0.3) is 28.2 Å². The van der Waals surface area contributed by atoms with Crippen LogP contribution in [0.3, 0.4) is 0 Å². The van der Waals surface area contributed by atoms with Crippen molar-refractivity contribution in [2.75, 3.05) is 0 Å². The van der Waals surface area contributed by atoms with E-state index in [1.807, 2.05) is 67.6 Å². The van der Waals surface area contributed by atoms with Crippen molar-refractivity contribution in [3.05, 3.63) is 84.1 Å². The maximum absolute atomic E-state index is 12.5. The van der Waals surface area contributed by atoms with E-state index in [1.54, 1.807) is 18.3 Å². The lowest BCUT2D eigenvalue weighted by Gasteiger charge is -2.43. The van der Waals surface area contributed by atoms with Crippen LogP contribution in [0.2, 0.25) is 0 Å². The summed E-state index contributed by atoms with van der Waals surface area (Å²) in [4.78, 5) is 29.3. The van der Waals surface area contributed by atoms with Crippen LogP contribution < -0.4 is 11.1 Å². The lowest BCUT2D eigenvalue weighted by molar-refractivity contribution is 0.0377. The van der Waals surface area contributed by atoms with E-state index in [4.69, 9.17) is 15.5 Å². The number of carbonyl (C=O) groups is 2. The quantitative estimate of drug-likeness (QED) is 0.383. The number of imidazole rings is 1. The van der Waals surface area contributed by atoms with Crippen molar-refractivity contribution in [1.82, 2.24) is 14.7 Å². The maximum atomic E-state index is 12.5. The van der Waals surface area contributed by atoms with Crippen LogP contribution >= 0.6 is 0 Å². The monoisotopic (exact) mass is 482 g/mol. The van der Waals surface area contributed by atoms with Crippen LogP contribution in [0.15, 0.2) is 72.9 Å². The fraction of sp³-hybridized carbons (Fsp3) is 0.276. The smallest absolute Gasteiger partial charge is 0.408 e. The van der Waals surface area contributed by atoms with Gasteiger partial charge in [-0.3, -0.25) is 9.20 Å². The second-order valence-corrected chi connectivity index (χ2v) is 10.3. The summed E-state index contributed by atoms with van der Waals surface area (Å²) >= 11 is 0. The van der Waals surface area contributed by atoms with E-state index in [2.05, 4.69) is 17.4 Å². The van der Waals surface area contributed by atoms with Gasteiger partial charge in [-0.1, -0.05) is 54.6 Å². The summed E-state index contributed by atoms with van der Waals surface area (Å²) in [6.07, 6.45) is 4.11. The minimum atomic E-state index is -0.551. The zero-order valence-electron chi connectivity index (χ0n) is 20.7. The molecule has 1 saturated carbocycles. The molecular weight excluding hydrogens is 452 g/mol. The fourth-order valence-corrected chi connectivity index (χ4v) is 4.73. The summed E-state index contributed by atoms with van der Waals surface area (Å²) in [6, 6.07) is 21.6. The molecule has 0 bridgehead atoms. The fourth-order valence-electron chi connectivity index (χ4n) is 4.73. The van der Waals surface area contributed by atoms with E-state index in [0.29, 0.717) is 5.56 Å². The third-order valence-electron chi connectivity index (χ3n) is 6.61. The molecule has 3 N–H and O–H groups in total. The lowest BCUT2D eigenvalue weighted by atomic mass is 9.71. The number of nitrogens with one attached hydrogen (secondary N) is 1. The molecule has 184 valence electrons. The maximum Gasteiger partial charge on any atom is 0.408 e. The number of nitrogens with zero attached hydrogens (tertiary/aromatic N) is 2. The molecule has 0 aliphatic heterocycles. The first-order valence-electron chi connectivity index (χ1n) is 12.1. The third kappa shape index (κ3) is 4.44. The molecule has 2 aromatic heterocycles. The Morgan fingerprint density at radius 1 is 0.972 bits per heavy atom. The molecule has 5 rings (SSSR count). The van der Waals surface area contributed by atoms with Crippen molar-refractivity contribution in [2.24, 2.45) is 5.73 Å². The summed E-state index contributed by atoms with van der Waals surface area (Å²) < 4.78 is 7.43. The minimum Gasteiger partial charge on any atom is -0.444 e. The van der Waals surface area contributed by atoms with E-state index < -0.39 is 23.1 Å². The number of rotatable bonds is 5. The van der Waals surface area contributed by atoms with Gasteiger partial charge in [0.2, 0.25) is 5.91 Å². The van der Waals surface area contributed by atoms with Gasteiger partial charge in [0.05, 0.1) is 22.5 Å². The van der Waals surface area contributed by atoms with Crippen LogP contribution in [0.5, 0.6) is 0 Å². The van der Waals surface area contributed by atoms with Gasteiger partial charge in [0.1, 0.15) is 11.2 Å². The van der Waals surface area contributed by atoms with Gasteiger partial charge in [-0.15, -0.1) is 0 Å². The topological polar surface area (TPSA) is 98.7 Å². The highest BCUT2D eigenvalue weighted by atomic mass is 16.6. The van der Waals surface area contributed by atoms with Crippen molar-refractivity contribution in [2.45, 2.75) is 51.2 Å². The first-order chi connectivity index (χ1) is 17.2. The van der Waals surface area contributed by atoms with Crippen molar-refractivity contribution in [3.63, 3.8) is 0 Å². The van der Waals surface area contributed by atoms with Crippen LogP contribution in [0.1, 0.15) is 56.0 Å². The molecular formula is C29H30N4O3. The first-order valence-corrected chi connectivity index (χ1v) is 12.1. The number of carbonyl (C=O) groups excluding carboxylic acids is 2. The summed E-state index contributed by atoms with van der Waals surface area (Å²) in [7, 11) is 0. The molecule has 4 aromatic rings. The third-order valence-corrected chi connectivity index (χ3v) is 6.61. The number of amides is 2. The Labute approximate surface area is 210 Å². The normalized spacial score (nSPS) is 14.8. The number of nitrogens with two attached hydrogens (primary N) is 1. The van der Waals surface area contributed by atoms with Crippen molar-refractivity contribution in [1.29, 1.82) is 0 Å². The molecule has 36 heavy (non-hydrogen) atoms. The molecule has 2 heterocycles. The number of hydrogen-bond donors (Lipinski definition) is 2. The van der Waals surface area contributed by atoms with Gasteiger partial charge in [0.25, 0.3) is 0 Å². The second-order valence-electron chi connectivity index (χ2n) is 10.3. The Kier molecular flexibility index (Phi) is 5.79. The number of fused-ring (bicyclic) bond motifs is 1. The second kappa shape index (κ2) is 8.82. The van der Waals surface area contributed by atoms with Gasteiger partial charge < -0.3 is 15.8 Å². The van der Waals surface area contributed by atoms with E-state index in [0.717, 1.165) is 53.0 Å². The SMILES string of the molecule is CC(C)(C)OC(=O)NC1(c2ccc(-c3nc4ccc(C(N)=O)cn4c3-c3ccccc3)cc2)CCC1. The van der Waals surface area contributed by atoms with Gasteiger partial charge in [0, 0.05) is 17.3 Å². The van der Waals surface area contributed by atoms with Gasteiger partial charge in [-0.25, -0.2) is 9.78 Å². The average molecular weight is 483 g/mol. The number of ether oxygens (including phenoxy) is 1. The Balaban J connectivity index is 1.54. The highest BCUT2D eigenvalue weighted by Gasteiger charge is 2.41. The Morgan fingerprint density at radius 3 is 2.25 bits per heavy atom. The molecule has 0 saturated heterocycles. The average Bonchev–Trinajstić information content (AvgIpc) is 3.20. The standard InChI is InChI=1S/C29H30N4O3/c1-28(2,3)36-27(35)32-29(16-7-17-29)22-13-10-19(11-14-22)24-25(20-8-5-4-6-9-20)33-18-21(26(30)34)12-15-23(33)31-24/h4-6,8-15,18H,7,16-17H2,1-3H3,(H2,30,34)(H,32,35). The van der Waals surface area contributed by atoms with E-state index in [9.17, 15) is 9.59 Å². The molecule has 0 spiro atoms. The largest absolute Gasteiger partial charge is 0.444 e. The number of alkyl carbamates (subject to hydrolysis) is 1. The van der Waals surface area contributed by atoms with Gasteiger partial charge >= 0.3 is 6.09 Å². The number of aromatic nitrogens is 2. The zero-order chi connectivity index (χ0) is 25.5. The first kappa shape index (κ1) is 23.6. The summed E-state index contributed by atoms with van der Waals surface area (Å²) in [5.74, 6) is -0.487. The molecule has 0 atom stereocenters. The molecule has 1 aliphatic carbocycles. The van der Waals surface area contributed by atoms with Crippen LogP contribution in [0, 0.1) is 0 Å². The Bertz CT molecular complexity index is 1430. The molecule has 2 amide bonds. The number of benzene rings is 2. The van der Waals surface area contributed by atoms with Crippen LogP contribution in [-0.4, -0.2) is 27.0 Å². The molecule has 0 unspecified atom stereocenters. The molecule has 7 nitrogen and oxygen atoms in total. The highest BCUT2D eigenvalue weighted by molar-refractivity contribution is 5.93. The molecule has 1 aliphatic rings. The zero-order valence-corrected chi connectivity index (χ0v) is 20.7. The van der Waals surface area contributed by atoms with Crippen molar-refractivity contribution < 1.29 is 14.3 Å². The Morgan fingerprint density at radius 2 is 1.67 bits per heavy atom. The summed E-state index contributed by atoms with van der Waals surface area (Å²) in [5, 5.41) is 3.11. The van der Waals surface area contributed by atoms with Gasteiger partial charge in [0.15, 0.2) is 0 Å². The molecule has 7 heteroatoms. The van der Waals surface area contributed by atoms with E-state index in [1.165, 1.54) is 0 Å². The van der Waals surface area contributed by atoms with Crippen molar-refractivity contribution >= 4 is 17.6 Å². The van der Waals surface area contributed by atoms with Crippen LogP contribution in [-0.2, 0) is 10.3 Å². The van der Waals surface area contributed by atoms with Gasteiger partial charge in [-0.2, -0.15) is 0 Å². The molecule has 1 fully saturated rings. The Hall–Kier alpha value is -4.13. The summed E-state index contributed by atoms with van der Waals surface area (Å²) in [5.41, 5.74) is 10.4. The number of primary amides is 1. The predicted molar refractivity (Wildman–Crippen MR) is 139 cm³/mol. The molecule has 0 radical (unpaired) electrons. The number of pyridine rings is 1. The molecule has 2 aromatic carbocycles. The minimum absolute atomic E-state index is 0.400. The van der Waals surface area contributed by atoms with Crippen LogP contribution in [0.4, 0.5) is 4.79 Å². The van der Waals surface area contributed by atoms with Gasteiger partial charge in [-0.05, 0) is 57.7 Å².